The number of sulfonamides is 1. The summed E-state index contributed by atoms with van der Waals surface area (Å²) in [6.07, 6.45) is 6.26. The van der Waals surface area contributed by atoms with Crippen molar-refractivity contribution in [1.82, 2.24) is 19.6 Å². The molecule has 2 aromatic carbocycles. The Labute approximate surface area is 189 Å². The average Bonchev–Trinajstić information content (AvgIpc) is 3.23. The van der Waals surface area contributed by atoms with Crippen molar-refractivity contribution < 1.29 is 13.2 Å². The van der Waals surface area contributed by atoms with Crippen LogP contribution in [0.2, 0.25) is 0 Å². The summed E-state index contributed by atoms with van der Waals surface area (Å²) in [5.41, 5.74) is 3.20. The Balaban J connectivity index is 1.75. The number of nitrogens with zero attached hydrogens (tertiary/aromatic N) is 2. The number of benzene rings is 2. The van der Waals surface area contributed by atoms with E-state index >= 15 is 0 Å². The van der Waals surface area contributed by atoms with Gasteiger partial charge in [0.05, 0.1) is 11.2 Å². The summed E-state index contributed by atoms with van der Waals surface area (Å²) < 4.78 is 31.1. The molecule has 1 atom stereocenters. The molecule has 32 heavy (non-hydrogen) atoms. The van der Waals surface area contributed by atoms with Crippen LogP contribution in [0.15, 0.2) is 66.1 Å². The first-order valence-corrected chi connectivity index (χ1v) is 12.1. The van der Waals surface area contributed by atoms with Crippen molar-refractivity contribution in [2.24, 2.45) is 0 Å². The van der Waals surface area contributed by atoms with Crippen LogP contribution in [0.5, 0.6) is 0 Å². The monoisotopic (exact) mass is 454 g/mol. The summed E-state index contributed by atoms with van der Waals surface area (Å²) in [5.74, 6) is -0.342. The van der Waals surface area contributed by atoms with Crippen molar-refractivity contribution in [2.45, 2.75) is 51.1 Å². The van der Waals surface area contributed by atoms with Gasteiger partial charge in [0.2, 0.25) is 15.9 Å². The highest BCUT2D eigenvalue weighted by molar-refractivity contribution is 7.89. The number of carbonyl (C=O) groups excluding carboxylic acids is 1. The minimum absolute atomic E-state index is 0.231. The van der Waals surface area contributed by atoms with Crippen molar-refractivity contribution in [3.05, 3.63) is 83.4 Å². The Hall–Kier alpha value is -2.97. The second kappa shape index (κ2) is 10.6. The predicted molar refractivity (Wildman–Crippen MR) is 125 cm³/mol. The average molecular weight is 455 g/mol. The van der Waals surface area contributed by atoms with Crippen LogP contribution in [0.1, 0.15) is 28.7 Å². The molecule has 1 amide bonds. The molecule has 7 nitrogen and oxygen atoms in total. The zero-order valence-corrected chi connectivity index (χ0v) is 19.5. The van der Waals surface area contributed by atoms with Crippen LogP contribution in [0.25, 0.3) is 0 Å². The molecule has 3 rings (SSSR count). The van der Waals surface area contributed by atoms with Gasteiger partial charge < -0.3 is 9.88 Å². The Morgan fingerprint density at radius 2 is 1.78 bits per heavy atom. The molecule has 170 valence electrons. The van der Waals surface area contributed by atoms with Crippen LogP contribution >= 0.6 is 0 Å². The third kappa shape index (κ3) is 6.27. The molecule has 0 saturated carbocycles. The number of amides is 1. The summed E-state index contributed by atoms with van der Waals surface area (Å²) in [4.78, 5) is 17.2. The number of aryl methyl sites for hydroxylation is 4. The quantitative estimate of drug-likeness (QED) is 0.461. The Bertz CT molecular complexity index is 1120. The molecule has 1 heterocycles. The zero-order chi connectivity index (χ0) is 23.1. The van der Waals surface area contributed by atoms with Crippen LogP contribution in [-0.2, 0) is 27.8 Å². The van der Waals surface area contributed by atoms with Gasteiger partial charge in [-0.2, -0.15) is 4.72 Å². The first-order chi connectivity index (χ1) is 15.3. The fourth-order valence-corrected chi connectivity index (χ4v) is 5.54. The lowest BCUT2D eigenvalue weighted by molar-refractivity contribution is -0.122. The summed E-state index contributed by atoms with van der Waals surface area (Å²) >= 11 is 0. The lowest BCUT2D eigenvalue weighted by atomic mass is 10.1. The normalized spacial score (nSPS) is 12.5. The maximum atomic E-state index is 13.3. The van der Waals surface area contributed by atoms with Gasteiger partial charge in [-0.3, -0.25) is 4.79 Å². The van der Waals surface area contributed by atoms with Gasteiger partial charge in [-0.05, 0) is 50.3 Å². The van der Waals surface area contributed by atoms with Crippen LogP contribution in [0, 0.1) is 20.8 Å². The van der Waals surface area contributed by atoms with Gasteiger partial charge in [0.15, 0.2) is 0 Å². The molecule has 0 bridgehead atoms. The molecule has 0 spiro atoms. The molecule has 1 aromatic heterocycles. The third-order valence-corrected chi connectivity index (χ3v) is 7.00. The molecule has 8 heteroatoms. The van der Waals surface area contributed by atoms with Crippen LogP contribution in [-0.4, -0.2) is 36.5 Å². The molecule has 0 aliphatic heterocycles. The van der Waals surface area contributed by atoms with Gasteiger partial charge in [0.1, 0.15) is 6.04 Å². The van der Waals surface area contributed by atoms with Gasteiger partial charge in [-0.15, -0.1) is 0 Å². The van der Waals surface area contributed by atoms with E-state index in [-0.39, 0.29) is 17.2 Å². The minimum Gasteiger partial charge on any atom is -0.355 e. The number of aromatic nitrogens is 2. The lowest BCUT2D eigenvalue weighted by Gasteiger charge is -2.20. The van der Waals surface area contributed by atoms with Crippen molar-refractivity contribution in [1.29, 1.82) is 0 Å². The molecular formula is C24H30N4O3S. The SMILES string of the molecule is Cc1cc(C)c(S(=O)(=O)N[C@@H](Cc2ccccc2)C(=O)NCCCn2ccnc2)c(C)c1. The second-order valence-corrected chi connectivity index (χ2v) is 9.69. The second-order valence-electron chi connectivity index (χ2n) is 8.04. The Morgan fingerprint density at radius 3 is 2.41 bits per heavy atom. The molecule has 0 radical (unpaired) electrons. The molecule has 0 unspecified atom stereocenters. The maximum absolute atomic E-state index is 13.3. The maximum Gasteiger partial charge on any atom is 0.241 e. The van der Waals surface area contributed by atoms with E-state index in [4.69, 9.17) is 0 Å². The van der Waals surface area contributed by atoms with E-state index in [2.05, 4.69) is 15.0 Å². The minimum atomic E-state index is -3.89. The smallest absolute Gasteiger partial charge is 0.241 e. The van der Waals surface area contributed by atoms with E-state index in [1.807, 2.05) is 60.2 Å². The highest BCUT2D eigenvalue weighted by atomic mass is 32.2. The van der Waals surface area contributed by atoms with Crippen molar-refractivity contribution in [3.8, 4) is 0 Å². The number of hydrogen-bond acceptors (Lipinski definition) is 4. The number of rotatable bonds is 10. The van der Waals surface area contributed by atoms with Crippen molar-refractivity contribution >= 4 is 15.9 Å². The molecule has 0 aliphatic rings. The van der Waals surface area contributed by atoms with E-state index < -0.39 is 16.1 Å². The third-order valence-electron chi connectivity index (χ3n) is 5.22. The zero-order valence-electron chi connectivity index (χ0n) is 18.7. The number of nitrogens with one attached hydrogen (secondary N) is 2. The Kier molecular flexibility index (Phi) is 7.82. The summed E-state index contributed by atoms with van der Waals surface area (Å²) in [7, 11) is -3.89. The first-order valence-electron chi connectivity index (χ1n) is 10.6. The van der Waals surface area contributed by atoms with Crippen LogP contribution in [0.3, 0.4) is 0 Å². The highest BCUT2D eigenvalue weighted by Gasteiger charge is 2.28. The predicted octanol–water partition coefficient (Wildman–Crippen LogP) is 2.90. The summed E-state index contributed by atoms with van der Waals surface area (Å²) in [6, 6.07) is 12.2. The van der Waals surface area contributed by atoms with Crippen molar-refractivity contribution in [2.75, 3.05) is 6.54 Å². The highest BCUT2D eigenvalue weighted by Crippen LogP contribution is 2.22. The van der Waals surface area contributed by atoms with Gasteiger partial charge >= 0.3 is 0 Å². The molecule has 3 aromatic rings. The van der Waals surface area contributed by atoms with Gasteiger partial charge in [-0.1, -0.05) is 48.0 Å². The number of hydrogen-bond donors (Lipinski definition) is 2. The summed E-state index contributed by atoms with van der Waals surface area (Å²) in [5, 5.41) is 2.88. The fourth-order valence-electron chi connectivity index (χ4n) is 3.89. The van der Waals surface area contributed by atoms with Gasteiger partial charge in [0, 0.05) is 25.5 Å². The van der Waals surface area contributed by atoms with E-state index in [1.165, 1.54) is 0 Å². The summed E-state index contributed by atoms with van der Waals surface area (Å²) in [6.45, 7) is 6.64. The van der Waals surface area contributed by atoms with Crippen LogP contribution in [0.4, 0.5) is 0 Å². The van der Waals surface area contributed by atoms with E-state index in [9.17, 15) is 13.2 Å². The van der Waals surface area contributed by atoms with Gasteiger partial charge in [-0.25, -0.2) is 13.4 Å². The van der Waals surface area contributed by atoms with E-state index in [1.54, 1.807) is 26.4 Å². The molecular weight excluding hydrogens is 424 g/mol. The fraction of sp³-hybridized carbons (Fsp3) is 0.333. The lowest BCUT2D eigenvalue weighted by Crippen LogP contribution is -2.48. The first kappa shape index (κ1) is 23.7. The van der Waals surface area contributed by atoms with E-state index in [0.29, 0.717) is 24.1 Å². The largest absolute Gasteiger partial charge is 0.355 e. The molecule has 0 saturated heterocycles. The van der Waals surface area contributed by atoms with Crippen LogP contribution < -0.4 is 10.0 Å². The van der Waals surface area contributed by atoms with Crippen molar-refractivity contribution in [3.63, 3.8) is 0 Å². The standard InChI is InChI=1S/C24H30N4O3S/c1-18-14-19(2)23(20(3)15-18)32(30,31)27-22(16-21-8-5-4-6-9-21)24(29)26-10-7-12-28-13-11-25-17-28/h4-6,8-9,11,13-15,17,22,27H,7,10,12,16H2,1-3H3,(H,26,29)/t22-/m0/s1. The van der Waals surface area contributed by atoms with Gasteiger partial charge in [0.25, 0.3) is 0 Å². The number of carbonyl (C=O) groups is 1. The number of imidazole rings is 1. The topological polar surface area (TPSA) is 93.1 Å². The van der Waals surface area contributed by atoms with E-state index in [0.717, 1.165) is 17.7 Å². The Morgan fingerprint density at radius 1 is 1.09 bits per heavy atom. The molecule has 0 fully saturated rings. The molecule has 2 N–H and O–H groups in total. The molecule has 0 aliphatic carbocycles.